The van der Waals surface area contributed by atoms with Crippen molar-refractivity contribution in [1.82, 2.24) is 9.80 Å². The van der Waals surface area contributed by atoms with Crippen LogP contribution in [-0.4, -0.2) is 59.0 Å². The lowest BCUT2D eigenvalue weighted by Crippen LogP contribution is -2.60. The number of carbonyl (C=O) groups is 2. The Morgan fingerprint density at radius 1 is 1.50 bits per heavy atom. The van der Waals surface area contributed by atoms with Crippen LogP contribution in [0.1, 0.15) is 33.6 Å². The van der Waals surface area contributed by atoms with Crippen LogP contribution in [0, 0.1) is 5.92 Å². The van der Waals surface area contributed by atoms with Gasteiger partial charge in [-0.25, -0.2) is 0 Å². The van der Waals surface area contributed by atoms with E-state index in [1.165, 1.54) is 0 Å². The number of carbonyl (C=O) groups excluding carboxylic acids is 1. The van der Waals surface area contributed by atoms with Gasteiger partial charge in [0.1, 0.15) is 0 Å². The number of hydrogen-bond donors (Lipinski definition) is 1. The predicted octanol–water partition coefficient (Wildman–Crippen LogP) is 1.04. The number of hydrogen-bond acceptors (Lipinski definition) is 3. The van der Waals surface area contributed by atoms with Crippen molar-refractivity contribution in [2.75, 3.05) is 20.1 Å². The summed E-state index contributed by atoms with van der Waals surface area (Å²) in [6.07, 6.45) is 0.437. The smallest absolute Gasteiger partial charge is 0.303 e. The zero-order valence-corrected chi connectivity index (χ0v) is 11.7. The molecule has 1 amide bonds. The molecular formula is C13H24N2O3. The minimum atomic E-state index is -0.843. The second-order valence-electron chi connectivity index (χ2n) is 5.60. The lowest BCUT2D eigenvalue weighted by atomic mass is 10.0. The van der Waals surface area contributed by atoms with Crippen LogP contribution in [0.15, 0.2) is 0 Å². The van der Waals surface area contributed by atoms with Gasteiger partial charge >= 0.3 is 5.97 Å². The first kappa shape index (κ1) is 15.0. The van der Waals surface area contributed by atoms with E-state index in [4.69, 9.17) is 5.11 Å². The molecule has 2 atom stereocenters. The van der Waals surface area contributed by atoms with Gasteiger partial charge in [0.05, 0.1) is 6.04 Å². The highest BCUT2D eigenvalue weighted by molar-refractivity contribution is 5.83. The Labute approximate surface area is 109 Å². The molecule has 5 heteroatoms. The molecule has 1 aliphatic heterocycles. The molecule has 1 rings (SSSR count). The number of carboxylic acid groups (broad SMARTS) is 1. The molecule has 2 unspecified atom stereocenters. The van der Waals surface area contributed by atoms with Gasteiger partial charge in [-0.05, 0) is 26.3 Å². The maximum atomic E-state index is 12.3. The van der Waals surface area contributed by atoms with Crippen molar-refractivity contribution in [2.45, 2.75) is 45.7 Å². The molecule has 0 aliphatic carbocycles. The highest BCUT2D eigenvalue weighted by atomic mass is 16.4. The molecule has 1 aliphatic rings. The maximum absolute atomic E-state index is 12.3. The fraction of sp³-hybridized carbons (Fsp3) is 0.846. The molecule has 104 valence electrons. The predicted molar refractivity (Wildman–Crippen MR) is 69.3 cm³/mol. The number of amides is 1. The number of aliphatic carboxylic acids is 1. The largest absolute Gasteiger partial charge is 0.481 e. The van der Waals surface area contributed by atoms with Crippen LogP contribution < -0.4 is 0 Å². The lowest BCUT2D eigenvalue weighted by Gasteiger charge is -2.43. The third kappa shape index (κ3) is 3.70. The maximum Gasteiger partial charge on any atom is 0.303 e. The Kier molecular flexibility index (Phi) is 5.14. The van der Waals surface area contributed by atoms with Gasteiger partial charge in [-0.2, -0.15) is 0 Å². The quantitative estimate of drug-likeness (QED) is 0.798. The van der Waals surface area contributed by atoms with Crippen molar-refractivity contribution < 1.29 is 14.7 Å². The second kappa shape index (κ2) is 6.18. The molecule has 18 heavy (non-hydrogen) atoms. The van der Waals surface area contributed by atoms with E-state index in [-0.39, 0.29) is 24.4 Å². The first-order chi connectivity index (χ1) is 8.32. The van der Waals surface area contributed by atoms with Crippen LogP contribution >= 0.6 is 0 Å². The molecule has 0 bridgehead atoms. The fourth-order valence-corrected chi connectivity index (χ4v) is 2.42. The third-order valence-corrected chi connectivity index (χ3v) is 3.49. The van der Waals surface area contributed by atoms with Gasteiger partial charge in [0.25, 0.3) is 0 Å². The Hall–Kier alpha value is -1.10. The number of nitrogens with zero attached hydrogens (tertiary/aromatic N) is 2. The van der Waals surface area contributed by atoms with Gasteiger partial charge in [0.15, 0.2) is 0 Å². The summed E-state index contributed by atoms with van der Waals surface area (Å²) in [6, 6.07) is -0.0103. The highest BCUT2D eigenvalue weighted by Gasteiger charge is 2.36. The number of rotatable bonds is 5. The summed E-state index contributed by atoms with van der Waals surface area (Å²) in [4.78, 5) is 26.9. The Bertz CT molecular complexity index is 317. The van der Waals surface area contributed by atoms with Gasteiger partial charge in [0, 0.05) is 25.6 Å². The van der Waals surface area contributed by atoms with Crippen LogP contribution in [0.3, 0.4) is 0 Å². The third-order valence-electron chi connectivity index (χ3n) is 3.49. The first-order valence-corrected chi connectivity index (χ1v) is 6.55. The van der Waals surface area contributed by atoms with Crippen LogP contribution in [-0.2, 0) is 9.59 Å². The summed E-state index contributed by atoms with van der Waals surface area (Å²) >= 11 is 0. The summed E-state index contributed by atoms with van der Waals surface area (Å²) < 4.78 is 0. The van der Waals surface area contributed by atoms with Crippen LogP contribution in [0.4, 0.5) is 0 Å². The van der Waals surface area contributed by atoms with Crippen molar-refractivity contribution in [2.24, 2.45) is 5.92 Å². The summed E-state index contributed by atoms with van der Waals surface area (Å²) in [5.41, 5.74) is 0. The first-order valence-electron chi connectivity index (χ1n) is 6.55. The van der Waals surface area contributed by atoms with Crippen molar-refractivity contribution in [3.05, 3.63) is 0 Å². The number of carboxylic acids is 1. The molecule has 0 aromatic rings. The van der Waals surface area contributed by atoms with Crippen LogP contribution in [0.5, 0.6) is 0 Å². The highest BCUT2D eigenvalue weighted by Crippen LogP contribution is 2.19. The van der Waals surface area contributed by atoms with Gasteiger partial charge in [-0.15, -0.1) is 0 Å². The van der Waals surface area contributed by atoms with Crippen molar-refractivity contribution in [3.8, 4) is 0 Å². The van der Waals surface area contributed by atoms with E-state index in [0.717, 1.165) is 13.1 Å². The van der Waals surface area contributed by atoms with Gasteiger partial charge < -0.3 is 10.0 Å². The zero-order chi connectivity index (χ0) is 13.9. The van der Waals surface area contributed by atoms with Crippen molar-refractivity contribution in [3.63, 3.8) is 0 Å². The minimum Gasteiger partial charge on any atom is -0.481 e. The van der Waals surface area contributed by atoms with Crippen molar-refractivity contribution >= 4 is 11.9 Å². The standard InChI is InChI=1S/C13H24N2O3/c1-9(2)7-15-8-10(3)14(4)11(13(15)18)5-6-12(16)17/h9-11H,5-8H2,1-4H3,(H,16,17). The molecule has 1 N–H and O–H groups in total. The molecule has 0 aromatic carbocycles. The van der Waals surface area contributed by atoms with E-state index < -0.39 is 5.97 Å². The van der Waals surface area contributed by atoms with Crippen LogP contribution in [0.2, 0.25) is 0 Å². The molecular weight excluding hydrogens is 232 g/mol. The molecule has 5 nitrogen and oxygen atoms in total. The minimum absolute atomic E-state index is 0.0446. The number of piperazine rings is 1. The zero-order valence-electron chi connectivity index (χ0n) is 11.7. The van der Waals surface area contributed by atoms with E-state index in [1.54, 1.807) is 0 Å². The summed E-state index contributed by atoms with van der Waals surface area (Å²) in [6.45, 7) is 7.73. The summed E-state index contributed by atoms with van der Waals surface area (Å²) in [7, 11) is 1.90. The van der Waals surface area contributed by atoms with Crippen molar-refractivity contribution in [1.29, 1.82) is 0 Å². The van der Waals surface area contributed by atoms with Crippen LogP contribution in [0.25, 0.3) is 0 Å². The Balaban J connectivity index is 2.72. The van der Waals surface area contributed by atoms with E-state index in [9.17, 15) is 9.59 Å². The van der Waals surface area contributed by atoms with E-state index >= 15 is 0 Å². The fourth-order valence-electron chi connectivity index (χ4n) is 2.42. The number of likely N-dealkylation sites (N-methyl/N-ethyl adjacent to an activating group) is 1. The molecule has 1 heterocycles. The summed E-state index contributed by atoms with van der Waals surface area (Å²) in [5.74, 6) is -0.333. The SMILES string of the molecule is CC(C)CN1CC(C)N(C)C(CCC(=O)O)C1=O. The second-order valence-corrected chi connectivity index (χ2v) is 5.60. The normalized spacial score (nSPS) is 25.8. The molecule has 0 saturated carbocycles. The average Bonchev–Trinajstić information content (AvgIpc) is 2.24. The lowest BCUT2D eigenvalue weighted by molar-refractivity contribution is -0.145. The molecule has 0 aromatic heterocycles. The molecule has 1 saturated heterocycles. The average molecular weight is 256 g/mol. The molecule has 0 spiro atoms. The monoisotopic (exact) mass is 256 g/mol. The topological polar surface area (TPSA) is 60.9 Å². The van der Waals surface area contributed by atoms with Gasteiger partial charge in [-0.1, -0.05) is 13.8 Å². The molecule has 0 radical (unpaired) electrons. The van der Waals surface area contributed by atoms with E-state index in [2.05, 4.69) is 20.8 Å². The molecule has 1 fully saturated rings. The van der Waals surface area contributed by atoms with Gasteiger partial charge in [-0.3, -0.25) is 14.5 Å². The Morgan fingerprint density at radius 3 is 2.61 bits per heavy atom. The van der Waals surface area contributed by atoms with Gasteiger partial charge in [0.2, 0.25) is 5.91 Å². The van der Waals surface area contributed by atoms with E-state index in [1.807, 2.05) is 16.8 Å². The van der Waals surface area contributed by atoms with E-state index in [0.29, 0.717) is 12.3 Å². The summed E-state index contributed by atoms with van der Waals surface area (Å²) in [5, 5.41) is 8.75. The Morgan fingerprint density at radius 2 is 2.11 bits per heavy atom.